The van der Waals surface area contributed by atoms with Gasteiger partial charge in [-0.1, -0.05) is 18.6 Å². The van der Waals surface area contributed by atoms with E-state index in [1.165, 1.54) is 25.3 Å². The van der Waals surface area contributed by atoms with Crippen LogP contribution in [-0.2, 0) is 15.9 Å². The van der Waals surface area contributed by atoms with Crippen LogP contribution in [0.1, 0.15) is 66.0 Å². The van der Waals surface area contributed by atoms with Gasteiger partial charge in [0.2, 0.25) is 0 Å². The summed E-state index contributed by atoms with van der Waals surface area (Å²) in [5.74, 6) is 0. The predicted molar refractivity (Wildman–Crippen MR) is 105 cm³/mol. The van der Waals surface area contributed by atoms with E-state index in [0.29, 0.717) is 11.7 Å². The van der Waals surface area contributed by atoms with E-state index in [-0.39, 0.29) is 0 Å². The molecule has 27 heavy (non-hydrogen) atoms. The average molecular weight is 378 g/mol. The molecule has 0 radical (unpaired) electrons. The average Bonchev–Trinajstić information content (AvgIpc) is 3.11. The number of aromatic nitrogens is 3. The summed E-state index contributed by atoms with van der Waals surface area (Å²) < 4.78 is 27.9. The van der Waals surface area contributed by atoms with Gasteiger partial charge in [0.15, 0.2) is 0 Å². The molecule has 3 heterocycles. The lowest BCUT2D eigenvalue weighted by Crippen LogP contribution is -2.42. The molecule has 1 atom stereocenters. The highest BCUT2D eigenvalue weighted by molar-refractivity contribution is 6.54. The fraction of sp³-hybridized carbons (Fsp3) is 0.789. The highest BCUT2D eigenvalue weighted by Gasteiger charge is 2.53. The van der Waals surface area contributed by atoms with E-state index in [4.69, 9.17) is 9.31 Å². The molecular weight excluding hydrogens is 346 g/mol. The van der Waals surface area contributed by atoms with Crippen molar-refractivity contribution in [3.05, 3.63) is 17.6 Å². The van der Waals surface area contributed by atoms with E-state index in [2.05, 4.69) is 22.1 Å². The fourth-order valence-electron chi connectivity index (χ4n) is 3.70. The van der Waals surface area contributed by atoms with Crippen LogP contribution in [0.2, 0.25) is 0 Å². The van der Waals surface area contributed by atoms with E-state index in [9.17, 15) is 4.39 Å². The lowest BCUT2D eigenvalue weighted by atomic mass is 9.87. The van der Waals surface area contributed by atoms with Crippen LogP contribution in [0.25, 0.3) is 6.08 Å². The van der Waals surface area contributed by atoms with E-state index in [0.717, 1.165) is 26.1 Å². The molecule has 1 aromatic rings. The van der Waals surface area contributed by atoms with Gasteiger partial charge in [0.05, 0.1) is 23.9 Å². The van der Waals surface area contributed by atoms with Gasteiger partial charge in [-0.05, 0) is 66.1 Å². The lowest BCUT2D eigenvalue weighted by molar-refractivity contribution is 0.00578. The lowest BCUT2D eigenvalue weighted by Gasteiger charge is -2.35. The maximum Gasteiger partial charge on any atom is 0.525 e. The number of piperidine rings is 1. The molecule has 2 aliphatic heterocycles. The monoisotopic (exact) mass is 378 g/mol. The van der Waals surface area contributed by atoms with Crippen LogP contribution in [0, 0.1) is 0 Å². The van der Waals surface area contributed by atoms with Gasteiger partial charge in [-0.2, -0.15) is 0 Å². The summed E-state index contributed by atoms with van der Waals surface area (Å²) in [5.41, 5.74) is -1.13. The third-order valence-electron chi connectivity index (χ3n) is 5.98. The van der Waals surface area contributed by atoms with Crippen LogP contribution in [0.5, 0.6) is 0 Å². The third-order valence-corrected chi connectivity index (χ3v) is 5.98. The van der Waals surface area contributed by atoms with E-state index >= 15 is 0 Å². The first-order chi connectivity index (χ1) is 12.7. The molecule has 0 spiro atoms. The number of hydrogen-bond donors (Lipinski definition) is 0. The molecule has 2 saturated heterocycles. The van der Waals surface area contributed by atoms with Crippen molar-refractivity contribution in [2.45, 2.75) is 84.1 Å². The third kappa shape index (κ3) is 4.61. The van der Waals surface area contributed by atoms with Gasteiger partial charge >= 0.3 is 7.12 Å². The SMILES string of the molecule is CCCN1CCCCC1Cn1cc(C=C(F)B2OC(C)(C)C(C)(C)O2)nn1. The Kier molecular flexibility index (Phi) is 6.08. The Balaban J connectivity index is 1.64. The van der Waals surface area contributed by atoms with E-state index in [1.807, 2.05) is 32.4 Å². The smallest absolute Gasteiger partial charge is 0.398 e. The minimum Gasteiger partial charge on any atom is -0.398 e. The maximum atomic E-state index is 14.6. The second-order valence-corrected chi connectivity index (χ2v) is 8.67. The van der Waals surface area contributed by atoms with Gasteiger partial charge in [-0.3, -0.25) is 9.58 Å². The largest absolute Gasteiger partial charge is 0.525 e. The molecule has 0 bridgehead atoms. The Labute approximate surface area is 162 Å². The molecule has 3 rings (SSSR count). The van der Waals surface area contributed by atoms with Gasteiger partial charge in [0, 0.05) is 6.04 Å². The van der Waals surface area contributed by atoms with Crippen molar-refractivity contribution in [2.24, 2.45) is 0 Å². The van der Waals surface area contributed by atoms with Crippen LogP contribution in [0.3, 0.4) is 0 Å². The van der Waals surface area contributed by atoms with Crippen molar-refractivity contribution in [3.8, 4) is 0 Å². The van der Waals surface area contributed by atoms with E-state index in [1.54, 1.807) is 6.20 Å². The molecular formula is C19H32BFN4O2. The normalized spacial score (nSPS) is 25.9. The topological polar surface area (TPSA) is 52.4 Å². The quantitative estimate of drug-likeness (QED) is 0.710. The van der Waals surface area contributed by atoms with Crippen molar-refractivity contribution >= 4 is 13.2 Å². The van der Waals surface area contributed by atoms with Crippen molar-refractivity contribution in [2.75, 3.05) is 13.1 Å². The second-order valence-electron chi connectivity index (χ2n) is 8.67. The summed E-state index contributed by atoms with van der Waals surface area (Å²) in [7, 11) is -1.00. The Bertz CT molecular complexity index is 658. The molecule has 6 nitrogen and oxygen atoms in total. The first-order valence-corrected chi connectivity index (χ1v) is 10.1. The second kappa shape index (κ2) is 8.01. The maximum absolute atomic E-state index is 14.6. The molecule has 0 aromatic carbocycles. The molecule has 0 amide bonds. The zero-order valence-electron chi connectivity index (χ0n) is 17.2. The Morgan fingerprint density at radius 2 is 2.00 bits per heavy atom. The number of halogens is 1. The first-order valence-electron chi connectivity index (χ1n) is 10.1. The zero-order valence-corrected chi connectivity index (χ0v) is 17.2. The van der Waals surface area contributed by atoms with Crippen LogP contribution in [-0.4, -0.2) is 57.3 Å². The minimum absolute atomic E-state index is 0.477. The molecule has 150 valence electrons. The molecule has 1 aromatic heterocycles. The predicted octanol–water partition coefficient (Wildman–Crippen LogP) is 3.48. The standard InChI is InChI=1S/C19H32BFN4O2/c1-6-10-24-11-8-7-9-16(24)14-25-13-15(22-23-25)12-17(21)20-26-18(2,3)19(4,5)27-20/h12-13,16H,6-11,14H2,1-5H3. The number of likely N-dealkylation sites (tertiary alicyclic amines) is 1. The Morgan fingerprint density at radius 1 is 1.30 bits per heavy atom. The van der Waals surface area contributed by atoms with Crippen LogP contribution in [0.15, 0.2) is 11.9 Å². The summed E-state index contributed by atoms with van der Waals surface area (Å²) in [5, 5.41) is 8.29. The molecule has 0 N–H and O–H groups in total. The fourth-order valence-corrected chi connectivity index (χ4v) is 3.70. The zero-order chi connectivity index (χ0) is 19.7. The van der Waals surface area contributed by atoms with Crippen molar-refractivity contribution in [1.82, 2.24) is 19.9 Å². The van der Waals surface area contributed by atoms with Crippen molar-refractivity contribution in [3.63, 3.8) is 0 Å². The van der Waals surface area contributed by atoms with Gasteiger partial charge < -0.3 is 9.31 Å². The Hall–Kier alpha value is -1.25. The van der Waals surface area contributed by atoms with Gasteiger partial charge in [0.1, 0.15) is 11.4 Å². The molecule has 2 aliphatic rings. The summed E-state index contributed by atoms with van der Waals surface area (Å²) >= 11 is 0. The van der Waals surface area contributed by atoms with Crippen LogP contribution in [0.4, 0.5) is 4.39 Å². The highest BCUT2D eigenvalue weighted by Crippen LogP contribution is 2.39. The summed E-state index contributed by atoms with van der Waals surface area (Å²) in [6.45, 7) is 12.9. The molecule has 1 unspecified atom stereocenters. The number of hydrogen-bond acceptors (Lipinski definition) is 5. The van der Waals surface area contributed by atoms with Crippen molar-refractivity contribution < 1.29 is 13.7 Å². The van der Waals surface area contributed by atoms with Gasteiger partial charge in [0.25, 0.3) is 0 Å². The summed E-state index contributed by atoms with van der Waals surface area (Å²) in [4.78, 5) is 2.53. The Morgan fingerprint density at radius 3 is 2.67 bits per heavy atom. The highest BCUT2D eigenvalue weighted by atomic mass is 19.1. The summed E-state index contributed by atoms with van der Waals surface area (Å²) in [6, 6.07) is 0.477. The molecule has 8 heteroatoms. The number of rotatable bonds is 6. The van der Waals surface area contributed by atoms with Gasteiger partial charge in [-0.25, -0.2) is 4.39 Å². The number of nitrogens with zero attached hydrogens (tertiary/aromatic N) is 4. The van der Waals surface area contributed by atoms with E-state index < -0.39 is 24.0 Å². The first kappa shape index (κ1) is 20.5. The van der Waals surface area contributed by atoms with Crippen LogP contribution >= 0.6 is 0 Å². The van der Waals surface area contributed by atoms with Crippen LogP contribution < -0.4 is 0 Å². The molecule has 2 fully saturated rings. The van der Waals surface area contributed by atoms with Crippen molar-refractivity contribution in [1.29, 1.82) is 0 Å². The summed E-state index contributed by atoms with van der Waals surface area (Å²) in [6.07, 6.45) is 8.00. The molecule has 0 saturated carbocycles. The molecule has 0 aliphatic carbocycles. The minimum atomic E-state index is -1.00. The van der Waals surface area contributed by atoms with Gasteiger partial charge in [-0.15, -0.1) is 5.10 Å².